The summed E-state index contributed by atoms with van der Waals surface area (Å²) in [6, 6.07) is 21.4. The number of halogens is 1. The van der Waals surface area contributed by atoms with Crippen molar-refractivity contribution in [3.8, 4) is 11.5 Å². The van der Waals surface area contributed by atoms with Crippen molar-refractivity contribution >= 4 is 45.1 Å². The topological polar surface area (TPSA) is 80.9 Å². The van der Waals surface area contributed by atoms with Crippen LogP contribution in [0.4, 0.5) is 5.69 Å². The number of hydrogen-bond acceptors (Lipinski definition) is 4. The summed E-state index contributed by atoms with van der Waals surface area (Å²) in [6.07, 6.45) is 0. The second-order valence-corrected chi connectivity index (χ2v) is 8.57. The zero-order valence-corrected chi connectivity index (χ0v) is 18.5. The Balaban J connectivity index is 1.25. The molecule has 6 rings (SSSR count). The van der Waals surface area contributed by atoms with Gasteiger partial charge in [-0.05, 0) is 42.5 Å². The molecule has 0 aliphatic carbocycles. The van der Waals surface area contributed by atoms with Crippen LogP contribution in [-0.4, -0.2) is 57.2 Å². The predicted octanol–water partition coefficient (Wildman–Crippen LogP) is 4.72. The number of aromatic amines is 2. The number of imidazole rings is 1. The second kappa shape index (κ2) is 7.94. The van der Waals surface area contributed by atoms with Crippen LogP contribution < -0.4 is 4.90 Å². The highest BCUT2D eigenvalue weighted by Crippen LogP contribution is 2.29. The normalized spacial score (nSPS) is 14.3. The SMILES string of the molecule is O=C(c1ccc2[nH]nc(-c3nc4ccccc4[nH]3)c2c1)N1CCN(c2ccccc2Cl)CC1. The number of nitrogens with one attached hydrogen (secondary N) is 2. The molecule has 0 radical (unpaired) electrons. The fourth-order valence-corrected chi connectivity index (χ4v) is 4.69. The highest BCUT2D eigenvalue weighted by Gasteiger charge is 2.24. The van der Waals surface area contributed by atoms with E-state index in [1.807, 2.05) is 71.6 Å². The minimum atomic E-state index is 0.0208. The Bertz CT molecular complexity index is 1450. The van der Waals surface area contributed by atoms with Gasteiger partial charge in [0, 0.05) is 37.1 Å². The van der Waals surface area contributed by atoms with Crippen LogP contribution in [0, 0.1) is 0 Å². The molecule has 0 saturated carbocycles. The summed E-state index contributed by atoms with van der Waals surface area (Å²) in [6.45, 7) is 2.77. The monoisotopic (exact) mass is 456 g/mol. The number of para-hydroxylation sites is 3. The van der Waals surface area contributed by atoms with Crippen LogP contribution in [0.3, 0.4) is 0 Å². The van der Waals surface area contributed by atoms with Crippen molar-refractivity contribution in [2.45, 2.75) is 0 Å². The van der Waals surface area contributed by atoms with E-state index >= 15 is 0 Å². The fraction of sp³-hybridized carbons (Fsp3) is 0.160. The number of hydrogen-bond donors (Lipinski definition) is 2. The Morgan fingerprint density at radius 2 is 1.70 bits per heavy atom. The standard InChI is InChI=1S/C25H21ClN6O/c26-18-5-1-4-8-22(18)31-11-13-32(14-12-31)25(33)16-9-10-19-17(15-16)23(30-29-19)24-27-20-6-2-3-7-21(20)28-24/h1-10,15H,11-14H2,(H,27,28)(H,29,30). The average molecular weight is 457 g/mol. The summed E-state index contributed by atoms with van der Waals surface area (Å²) < 4.78 is 0. The van der Waals surface area contributed by atoms with Crippen molar-refractivity contribution in [1.82, 2.24) is 25.1 Å². The van der Waals surface area contributed by atoms with E-state index in [1.165, 1.54) is 0 Å². The average Bonchev–Trinajstić information content (AvgIpc) is 3.47. The summed E-state index contributed by atoms with van der Waals surface area (Å²) in [5.41, 5.74) is 5.07. The van der Waals surface area contributed by atoms with E-state index in [2.05, 4.69) is 25.1 Å². The van der Waals surface area contributed by atoms with Crippen LogP contribution in [0.5, 0.6) is 0 Å². The predicted molar refractivity (Wildman–Crippen MR) is 131 cm³/mol. The molecule has 0 unspecified atom stereocenters. The molecule has 33 heavy (non-hydrogen) atoms. The second-order valence-electron chi connectivity index (χ2n) is 8.17. The number of fused-ring (bicyclic) bond motifs is 2. The first-order valence-electron chi connectivity index (χ1n) is 10.9. The number of benzene rings is 3. The molecule has 0 spiro atoms. The first-order chi connectivity index (χ1) is 16.2. The van der Waals surface area contributed by atoms with Gasteiger partial charge in [0.05, 0.1) is 27.3 Å². The number of anilines is 1. The van der Waals surface area contributed by atoms with E-state index in [0.717, 1.165) is 45.7 Å². The van der Waals surface area contributed by atoms with Gasteiger partial charge in [-0.2, -0.15) is 5.10 Å². The lowest BCUT2D eigenvalue weighted by molar-refractivity contribution is 0.0747. The summed E-state index contributed by atoms with van der Waals surface area (Å²) in [7, 11) is 0. The van der Waals surface area contributed by atoms with Crippen molar-refractivity contribution in [1.29, 1.82) is 0 Å². The molecule has 1 amide bonds. The first-order valence-corrected chi connectivity index (χ1v) is 11.3. The lowest BCUT2D eigenvalue weighted by Crippen LogP contribution is -2.48. The molecular weight excluding hydrogens is 436 g/mol. The summed E-state index contributed by atoms with van der Waals surface area (Å²) >= 11 is 6.35. The first kappa shape index (κ1) is 19.8. The van der Waals surface area contributed by atoms with Gasteiger partial charge in [0.2, 0.25) is 0 Å². The molecule has 5 aromatic rings. The Labute approximate surface area is 195 Å². The molecule has 164 valence electrons. The van der Waals surface area contributed by atoms with Crippen molar-refractivity contribution in [2.75, 3.05) is 31.1 Å². The molecule has 1 aliphatic rings. The molecular formula is C25H21ClN6O. The quantitative estimate of drug-likeness (QED) is 0.411. The molecule has 8 heteroatoms. The Hall–Kier alpha value is -3.84. The lowest BCUT2D eigenvalue weighted by atomic mass is 10.1. The Morgan fingerprint density at radius 1 is 0.909 bits per heavy atom. The lowest BCUT2D eigenvalue weighted by Gasteiger charge is -2.36. The van der Waals surface area contributed by atoms with Gasteiger partial charge in [0.1, 0.15) is 5.69 Å². The molecule has 1 saturated heterocycles. The van der Waals surface area contributed by atoms with Gasteiger partial charge in [-0.15, -0.1) is 0 Å². The van der Waals surface area contributed by atoms with Crippen molar-refractivity contribution in [3.63, 3.8) is 0 Å². The van der Waals surface area contributed by atoms with E-state index in [1.54, 1.807) is 0 Å². The molecule has 3 aromatic carbocycles. The maximum atomic E-state index is 13.3. The third-order valence-electron chi connectivity index (χ3n) is 6.18. The maximum Gasteiger partial charge on any atom is 0.253 e. The number of carbonyl (C=O) groups excluding carboxylic acids is 1. The molecule has 3 heterocycles. The molecule has 7 nitrogen and oxygen atoms in total. The molecule has 1 fully saturated rings. The van der Waals surface area contributed by atoms with E-state index in [-0.39, 0.29) is 5.91 Å². The van der Waals surface area contributed by atoms with Gasteiger partial charge in [-0.25, -0.2) is 4.98 Å². The van der Waals surface area contributed by atoms with Crippen molar-refractivity contribution in [3.05, 3.63) is 77.3 Å². The van der Waals surface area contributed by atoms with Gasteiger partial charge in [0.25, 0.3) is 5.91 Å². The smallest absolute Gasteiger partial charge is 0.253 e. The fourth-order valence-electron chi connectivity index (χ4n) is 4.43. The van der Waals surface area contributed by atoms with Crippen LogP contribution in [0.1, 0.15) is 10.4 Å². The highest BCUT2D eigenvalue weighted by molar-refractivity contribution is 6.33. The molecule has 2 N–H and O–H groups in total. The number of nitrogens with zero attached hydrogens (tertiary/aromatic N) is 4. The van der Waals surface area contributed by atoms with Gasteiger partial charge >= 0.3 is 0 Å². The largest absolute Gasteiger partial charge is 0.367 e. The zero-order valence-electron chi connectivity index (χ0n) is 17.8. The molecule has 1 aliphatic heterocycles. The van der Waals surface area contributed by atoms with Crippen LogP contribution in [0.15, 0.2) is 66.7 Å². The van der Waals surface area contributed by atoms with Crippen molar-refractivity contribution in [2.24, 2.45) is 0 Å². The van der Waals surface area contributed by atoms with E-state index < -0.39 is 0 Å². The van der Waals surface area contributed by atoms with Crippen LogP contribution >= 0.6 is 11.6 Å². The third-order valence-corrected chi connectivity index (χ3v) is 6.50. The minimum Gasteiger partial charge on any atom is -0.367 e. The van der Waals surface area contributed by atoms with Crippen LogP contribution in [0.2, 0.25) is 5.02 Å². The number of piperazine rings is 1. The number of carbonyl (C=O) groups is 1. The Kier molecular flexibility index (Phi) is 4.77. The van der Waals surface area contributed by atoms with Gasteiger partial charge < -0.3 is 14.8 Å². The number of aromatic nitrogens is 4. The van der Waals surface area contributed by atoms with Gasteiger partial charge in [-0.1, -0.05) is 35.9 Å². The van der Waals surface area contributed by atoms with E-state index in [9.17, 15) is 4.79 Å². The van der Waals surface area contributed by atoms with Crippen LogP contribution in [-0.2, 0) is 0 Å². The van der Waals surface area contributed by atoms with E-state index in [4.69, 9.17) is 11.6 Å². The number of amides is 1. The molecule has 0 bridgehead atoms. The summed E-state index contributed by atoms with van der Waals surface area (Å²) in [5, 5.41) is 9.12. The maximum absolute atomic E-state index is 13.3. The summed E-state index contributed by atoms with van der Waals surface area (Å²) in [5.74, 6) is 0.702. The highest BCUT2D eigenvalue weighted by atomic mass is 35.5. The zero-order chi connectivity index (χ0) is 22.4. The summed E-state index contributed by atoms with van der Waals surface area (Å²) in [4.78, 5) is 25.4. The number of rotatable bonds is 3. The number of H-pyrrole nitrogens is 2. The van der Waals surface area contributed by atoms with Gasteiger partial charge in [0.15, 0.2) is 5.82 Å². The third kappa shape index (κ3) is 3.50. The minimum absolute atomic E-state index is 0.0208. The van der Waals surface area contributed by atoms with Crippen molar-refractivity contribution < 1.29 is 4.79 Å². The van der Waals surface area contributed by atoms with E-state index in [0.29, 0.717) is 30.2 Å². The molecule has 0 atom stereocenters. The van der Waals surface area contributed by atoms with Gasteiger partial charge in [-0.3, -0.25) is 9.89 Å². The molecule has 2 aromatic heterocycles. The van der Waals surface area contributed by atoms with Crippen LogP contribution in [0.25, 0.3) is 33.5 Å². The Morgan fingerprint density at radius 3 is 2.52 bits per heavy atom.